The molecule has 4 rings (SSSR count). The summed E-state index contributed by atoms with van der Waals surface area (Å²) in [6.45, 7) is 4.88. The topological polar surface area (TPSA) is 36.4 Å². The first kappa shape index (κ1) is 13.9. The summed E-state index contributed by atoms with van der Waals surface area (Å²) in [4.78, 5) is 21.3. The van der Waals surface area contributed by atoms with E-state index in [1.165, 1.54) is 0 Å². The fourth-order valence-electron chi connectivity index (χ4n) is 3.67. The van der Waals surface area contributed by atoms with Gasteiger partial charge in [-0.2, -0.15) is 11.3 Å². The van der Waals surface area contributed by atoms with E-state index >= 15 is 0 Å². The van der Waals surface area contributed by atoms with Gasteiger partial charge in [-0.15, -0.1) is 0 Å². The smallest absolute Gasteiger partial charge is 0.254 e. The van der Waals surface area contributed by atoms with E-state index in [-0.39, 0.29) is 5.91 Å². The van der Waals surface area contributed by atoms with Crippen LogP contribution in [0, 0.1) is 11.8 Å². The summed E-state index contributed by atoms with van der Waals surface area (Å²) < 4.78 is 0. The van der Waals surface area contributed by atoms with Crippen molar-refractivity contribution in [3.8, 4) is 0 Å². The van der Waals surface area contributed by atoms with Crippen LogP contribution in [0.15, 0.2) is 41.2 Å². The molecule has 0 bridgehead atoms. The summed E-state index contributed by atoms with van der Waals surface area (Å²) in [5.41, 5.74) is 1.98. The molecule has 2 saturated heterocycles. The Morgan fingerprint density at radius 1 is 1.18 bits per heavy atom. The predicted octanol–water partition coefficient (Wildman–Crippen LogP) is 2.35. The second-order valence-corrected chi connectivity index (χ2v) is 7.04. The Morgan fingerprint density at radius 2 is 2.00 bits per heavy atom. The van der Waals surface area contributed by atoms with Crippen molar-refractivity contribution in [1.29, 1.82) is 0 Å². The van der Waals surface area contributed by atoms with Gasteiger partial charge in [0.05, 0.1) is 11.3 Å². The van der Waals surface area contributed by atoms with E-state index in [0.717, 1.165) is 44.0 Å². The second kappa shape index (κ2) is 5.82. The number of likely N-dealkylation sites (tertiary alicyclic amines) is 2. The van der Waals surface area contributed by atoms with Crippen molar-refractivity contribution in [2.24, 2.45) is 11.8 Å². The third kappa shape index (κ3) is 2.66. The van der Waals surface area contributed by atoms with Gasteiger partial charge in [0.1, 0.15) is 0 Å². The van der Waals surface area contributed by atoms with Crippen molar-refractivity contribution < 1.29 is 4.79 Å². The average Bonchev–Trinajstić information content (AvgIpc) is 3.23. The van der Waals surface area contributed by atoms with Gasteiger partial charge in [-0.25, -0.2) is 0 Å². The van der Waals surface area contributed by atoms with Crippen LogP contribution in [0.1, 0.15) is 16.1 Å². The molecule has 22 heavy (non-hydrogen) atoms. The van der Waals surface area contributed by atoms with E-state index in [2.05, 4.69) is 16.0 Å². The molecule has 5 heteroatoms. The van der Waals surface area contributed by atoms with Crippen LogP contribution in [0.4, 0.5) is 0 Å². The number of amides is 1. The van der Waals surface area contributed by atoms with Crippen molar-refractivity contribution >= 4 is 17.2 Å². The third-order valence-electron chi connectivity index (χ3n) is 4.73. The van der Waals surface area contributed by atoms with E-state index in [1.54, 1.807) is 11.3 Å². The average molecular weight is 313 g/mol. The fourth-order valence-corrected chi connectivity index (χ4v) is 4.30. The van der Waals surface area contributed by atoms with E-state index in [0.29, 0.717) is 11.8 Å². The predicted molar refractivity (Wildman–Crippen MR) is 86.7 cm³/mol. The molecule has 0 aliphatic carbocycles. The minimum Gasteiger partial charge on any atom is -0.338 e. The number of hydrogen-bond donors (Lipinski definition) is 0. The van der Waals surface area contributed by atoms with Crippen LogP contribution in [0.2, 0.25) is 0 Å². The summed E-state index contributed by atoms with van der Waals surface area (Å²) in [5.74, 6) is 1.43. The fraction of sp³-hybridized carbons (Fsp3) is 0.412. The highest BCUT2D eigenvalue weighted by Crippen LogP contribution is 2.32. The zero-order valence-corrected chi connectivity index (χ0v) is 13.2. The van der Waals surface area contributed by atoms with Crippen LogP contribution in [0.25, 0.3) is 0 Å². The highest BCUT2D eigenvalue weighted by atomic mass is 32.1. The second-order valence-electron chi connectivity index (χ2n) is 6.26. The molecule has 4 nitrogen and oxygen atoms in total. The molecule has 2 aromatic heterocycles. The van der Waals surface area contributed by atoms with Crippen molar-refractivity contribution in [3.63, 3.8) is 0 Å². The Morgan fingerprint density at radius 3 is 2.64 bits per heavy atom. The number of rotatable bonds is 3. The third-order valence-corrected chi connectivity index (χ3v) is 5.41. The summed E-state index contributed by atoms with van der Waals surface area (Å²) in [7, 11) is 0. The van der Waals surface area contributed by atoms with Crippen LogP contribution in [0.3, 0.4) is 0 Å². The lowest BCUT2D eigenvalue weighted by Crippen LogP contribution is -2.33. The quantitative estimate of drug-likeness (QED) is 0.873. The molecule has 114 valence electrons. The number of aromatic nitrogens is 1. The van der Waals surface area contributed by atoms with E-state index in [1.807, 2.05) is 40.1 Å². The van der Waals surface area contributed by atoms with Gasteiger partial charge in [0.25, 0.3) is 5.91 Å². The normalized spacial score (nSPS) is 24.6. The molecule has 1 amide bonds. The van der Waals surface area contributed by atoms with E-state index in [9.17, 15) is 4.79 Å². The molecule has 2 fully saturated rings. The molecule has 0 N–H and O–H groups in total. The molecule has 0 spiro atoms. The Bertz CT molecular complexity index is 629. The van der Waals surface area contributed by atoms with Crippen LogP contribution < -0.4 is 0 Å². The van der Waals surface area contributed by atoms with Gasteiger partial charge >= 0.3 is 0 Å². The van der Waals surface area contributed by atoms with Crippen LogP contribution in [-0.2, 0) is 6.54 Å². The lowest BCUT2D eigenvalue weighted by Gasteiger charge is -2.21. The summed E-state index contributed by atoms with van der Waals surface area (Å²) in [6.07, 6.45) is 1.85. The molecule has 0 radical (unpaired) electrons. The van der Waals surface area contributed by atoms with Crippen molar-refractivity contribution in [2.75, 3.05) is 26.2 Å². The Balaban J connectivity index is 1.36. The maximum absolute atomic E-state index is 12.4. The number of fused-ring (bicyclic) bond motifs is 1. The first-order valence-corrected chi connectivity index (χ1v) is 8.67. The first-order valence-electron chi connectivity index (χ1n) is 7.73. The molecule has 2 aromatic rings. The molecule has 2 atom stereocenters. The highest BCUT2D eigenvalue weighted by Gasteiger charge is 2.41. The minimum atomic E-state index is 0.201. The maximum Gasteiger partial charge on any atom is 0.254 e. The molecule has 0 saturated carbocycles. The summed E-state index contributed by atoms with van der Waals surface area (Å²) in [6, 6.07) is 8.01. The Labute approximate surface area is 134 Å². The minimum absolute atomic E-state index is 0.201. The molecular formula is C17H19N3OS. The van der Waals surface area contributed by atoms with Crippen molar-refractivity contribution in [3.05, 3.63) is 52.5 Å². The zero-order valence-electron chi connectivity index (χ0n) is 12.4. The van der Waals surface area contributed by atoms with Gasteiger partial charge in [-0.05, 0) is 35.4 Å². The molecule has 0 unspecified atom stereocenters. The number of carbonyl (C=O) groups excluding carboxylic acids is 1. The van der Waals surface area contributed by atoms with Crippen LogP contribution in [-0.4, -0.2) is 46.9 Å². The number of pyridine rings is 1. The number of hydrogen-bond acceptors (Lipinski definition) is 4. The summed E-state index contributed by atoms with van der Waals surface area (Å²) in [5, 5.41) is 3.92. The SMILES string of the molecule is O=C(c1ccsc1)N1C[C@@H]2CN(Cc3ccccn3)C[C@H]2C1. The van der Waals surface area contributed by atoms with Crippen molar-refractivity contribution in [2.45, 2.75) is 6.54 Å². The van der Waals surface area contributed by atoms with Crippen molar-refractivity contribution in [1.82, 2.24) is 14.8 Å². The number of thiophene rings is 1. The van der Waals surface area contributed by atoms with E-state index < -0.39 is 0 Å². The molecular weight excluding hydrogens is 294 g/mol. The monoisotopic (exact) mass is 313 g/mol. The van der Waals surface area contributed by atoms with Crippen LogP contribution >= 0.6 is 11.3 Å². The van der Waals surface area contributed by atoms with Gasteiger partial charge in [-0.1, -0.05) is 6.07 Å². The highest BCUT2D eigenvalue weighted by molar-refractivity contribution is 7.08. The lowest BCUT2D eigenvalue weighted by molar-refractivity contribution is 0.0774. The maximum atomic E-state index is 12.4. The summed E-state index contributed by atoms with van der Waals surface area (Å²) >= 11 is 1.59. The van der Waals surface area contributed by atoms with Gasteiger partial charge in [0, 0.05) is 44.3 Å². The molecule has 4 heterocycles. The standard InChI is InChI=1S/C17H19N3OS/c21-17(13-4-6-22-12-13)20-9-14-7-19(8-15(14)10-20)11-16-3-1-2-5-18-16/h1-6,12,14-15H,7-11H2/t14-,15-/m0/s1. The zero-order chi connectivity index (χ0) is 14.9. The van der Waals surface area contributed by atoms with Gasteiger partial charge in [0.15, 0.2) is 0 Å². The van der Waals surface area contributed by atoms with Gasteiger partial charge in [-0.3, -0.25) is 14.7 Å². The number of nitrogens with zero attached hydrogens (tertiary/aromatic N) is 3. The Hall–Kier alpha value is -1.72. The van der Waals surface area contributed by atoms with Gasteiger partial charge in [0.2, 0.25) is 0 Å². The lowest BCUT2D eigenvalue weighted by atomic mass is 10.0. The molecule has 2 aliphatic heterocycles. The largest absolute Gasteiger partial charge is 0.338 e. The molecule has 2 aliphatic rings. The first-order chi connectivity index (χ1) is 10.8. The molecule has 0 aromatic carbocycles. The van der Waals surface area contributed by atoms with Crippen LogP contribution in [0.5, 0.6) is 0 Å². The van der Waals surface area contributed by atoms with E-state index in [4.69, 9.17) is 0 Å². The van der Waals surface area contributed by atoms with Gasteiger partial charge < -0.3 is 4.90 Å². The Kier molecular flexibility index (Phi) is 3.68. The number of carbonyl (C=O) groups is 1.